The summed E-state index contributed by atoms with van der Waals surface area (Å²) < 4.78 is 17.1. The first-order valence-corrected chi connectivity index (χ1v) is 12.5. The molecular weight excluding hydrogens is 468 g/mol. The molecular formula is C26H28N2O6S. The average molecular weight is 497 g/mol. The van der Waals surface area contributed by atoms with Crippen molar-refractivity contribution in [1.82, 2.24) is 10.2 Å². The molecule has 2 saturated heterocycles. The van der Waals surface area contributed by atoms with Gasteiger partial charge in [0, 0.05) is 11.1 Å². The van der Waals surface area contributed by atoms with Gasteiger partial charge in [-0.1, -0.05) is 48.5 Å². The van der Waals surface area contributed by atoms with Crippen molar-refractivity contribution in [2.24, 2.45) is 0 Å². The van der Waals surface area contributed by atoms with Crippen LogP contribution >= 0.6 is 11.8 Å². The lowest BCUT2D eigenvalue weighted by molar-refractivity contribution is -0.226. The summed E-state index contributed by atoms with van der Waals surface area (Å²) in [7, 11) is 0. The molecule has 0 bridgehead atoms. The normalized spacial score (nSPS) is 21.2. The summed E-state index contributed by atoms with van der Waals surface area (Å²) in [6, 6.07) is 17.2. The molecule has 2 atom stereocenters. The van der Waals surface area contributed by atoms with Crippen LogP contribution in [0.3, 0.4) is 0 Å². The van der Waals surface area contributed by atoms with Crippen LogP contribution < -0.4 is 5.32 Å². The molecule has 2 aromatic carbocycles. The first-order chi connectivity index (χ1) is 16.8. The molecule has 2 heterocycles. The minimum absolute atomic E-state index is 0.0593. The summed E-state index contributed by atoms with van der Waals surface area (Å²) >= 11 is 1.36. The van der Waals surface area contributed by atoms with E-state index in [0.29, 0.717) is 11.1 Å². The molecule has 2 amide bonds. The van der Waals surface area contributed by atoms with Crippen molar-refractivity contribution in [1.29, 1.82) is 0 Å². The van der Waals surface area contributed by atoms with Crippen LogP contribution in [0.2, 0.25) is 0 Å². The minimum atomic E-state index is -0.799. The van der Waals surface area contributed by atoms with Gasteiger partial charge in [0.1, 0.15) is 23.7 Å². The van der Waals surface area contributed by atoms with Crippen LogP contribution in [0.5, 0.6) is 0 Å². The third-order valence-electron chi connectivity index (χ3n) is 5.78. The van der Waals surface area contributed by atoms with Crippen molar-refractivity contribution >= 4 is 29.5 Å². The maximum absolute atomic E-state index is 13.3. The highest BCUT2D eigenvalue weighted by atomic mass is 32.2. The number of hydrogen-bond donors (Lipinski definition) is 1. The largest absolute Gasteiger partial charge is 0.456 e. The Kier molecular flexibility index (Phi) is 7.59. The third-order valence-corrected chi connectivity index (χ3v) is 6.74. The summed E-state index contributed by atoms with van der Waals surface area (Å²) in [5, 5.41) is 2.30. The second-order valence-electron chi connectivity index (χ2n) is 8.64. The molecule has 8 nitrogen and oxygen atoms in total. The lowest BCUT2D eigenvalue weighted by Crippen LogP contribution is -2.69. The van der Waals surface area contributed by atoms with Gasteiger partial charge in [0.25, 0.3) is 11.8 Å². The zero-order valence-electron chi connectivity index (χ0n) is 19.9. The van der Waals surface area contributed by atoms with E-state index < -0.39 is 29.1 Å². The van der Waals surface area contributed by atoms with Crippen LogP contribution in [0, 0.1) is 0 Å². The number of thioether (sulfide) groups is 1. The van der Waals surface area contributed by atoms with Crippen molar-refractivity contribution < 1.29 is 28.6 Å². The van der Waals surface area contributed by atoms with Crippen molar-refractivity contribution in [2.75, 3.05) is 19.5 Å². The van der Waals surface area contributed by atoms with E-state index in [1.54, 1.807) is 38.1 Å². The van der Waals surface area contributed by atoms with Crippen molar-refractivity contribution in [3.8, 4) is 0 Å². The molecule has 0 unspecified atom stereocenters. The van der Waals surface area contributed by atoms with Gasteiger partial charge >= 0.3 is 5.97 Å². The number of nitrogens with zero attached hydrogens (tertiary/aromatic N) is 1. The Labute approximate surface area is 208 Å². The fourth-order valence-corrected chi connectivity index (χ4v) is 4.71. The Bertz CT molecular complexity index is 1110. The molecule has 2 aliphatic heterocycles. The van der Waals surface area contributed by atoms with E-state index in [1.807, 2.05) is 42.7 Å². The second-order valence-corrected chi connectivity index (χ2v) is 9.60. The number of ether oxygens (including phenoxy) is 3. The number of carbonyl (C=O) groups is 3. The first-order valence-electron chi connectivity index (χ1n) is 11.2. The molecule has 0 spiro atoms. The molecule has 0 radical (unpaired) electrons. The molecule has 0 saturated carbocycles. The maximum Gasteiger partial charge on any atom is 0.355 e. The molecule has 2 aromatic rings. The monoisotopic (exact) mass is 496 g/mol. The van der Waals surface area contributed by atoms with Crippen LogP contribution in [-0.2, 0) is 30.4 Å². The molecule has 2 fully saturated rings. The Balaban J connectivity index is 1.56. The lowest BCUT2D eigenvalue weighted by atomic mass is 10.0. The van der Waals surface area contributed by atoms with E-state index >= 15 is 0 Å². The van der Waals surface area contributed by atoms with Gasteiger partial charge in [0.15, 0.2) is 5.79 Å². The number of β-lactam (4-membered cyclic amide) rings is 1. The second kappa shape index (κ2) is 10.6. The fraction of sp³-hybridized carbons (Fsp3) is 0.346. The Morgan fingerprint density at radius 1 is 1.06 bits per heavy atom. The molecule has 184 valence electrons. The Morgan fingerprint density at radius 3 is 2.26 bits per heavy atom. The molecule has 0 aromatic heterocycles. The van der Waals surface area contributed by atoms with Crippen LogP contribution in [0.15, 0.2) is 71.9 Å². The highest BCUT2D eigenvalue weighted by molar-refractivity contribution is 7.99. The molecule has 4 rings (SSSR count). The van der Waals surface area contributed by atoms with Gasteiger partial charge in [0.05, 0.1) is 13.2 Å². The number of amides is 2. The maximum atomic E-state index is 13.3. The quantitative estimate of drug-likeness (QED) is 0.358. The van der Waals surface area contributed by atoms with Gasteiger partial charge in [0.2, 0.25) is 0 Å². The van der Waals surface area contributed by atoms with E-state index in [4.69, 9.17) is 14.2 Å². The van der Waals surface area contributed by atoms with Crippen LogP contribution in [0.1, 0.15) is 29.8 Å². The average Bonchev–Trinajstić information content (AvgIpc) is 2.87. The van der Waals surface area contributed by atoms with Gasteiger partial charge in [-0.25, -0.2) is 4.79 Å². The topological polar surface area (TPSA) is 94.2 Å². The van der Waals surface area contributed by atoms with E-state index in [1.165, 1.54) is 16.7 Å². The zero-order valence-corrected chi connectivity index (χ0v) is 20.7. The number of esters is 1. The zero-order chi connectivity index (χ0) is 25.0. The summed E-state index contributed by atoms with van der Waals surface area (Å²) in [6.45, 7) is 3.87. The van der Waals surface area contributed by atoms with E-state index in [2.05, 4.69) is 5.32 Å². The number of likely N-dealkylation sites (tertiary alicyclic amines) is 1. The SMILES string of the molecule is CS[C@@H]1[C@@H](NC(=O)c2ccccc2)C(=O)N1C(C(=O)OCc1ccccc1)=C1COC(C)(C)OC1. The van der Waals surface area contributed by atoms with Gasteiger partial charge in [-0.3, -0.25) is 14.5 Å². The lowest BCUT2D eigenvalue weighted by Gasteiger charge is -2.47. The van der Waals surface area contributed by atoms with Crippen molar-refractivity contribution in [2.45, 2.75) is 37.7 Å². The minimum Gasteiger partial charge on any atom is -0.456 e. The first kappa shape index (κ1) is 25.0. The summed E-state index contributed by atoms with van der Waals surface area (Å²) in [5.41, 5.74) is 1.90. The fourth-order valence-electron chi connectivity index (χ4n) is 3.84. The Morgan fingerprint density at radius 2 is 1.66 bits per heavy atom. The summed E-state index contributed by atoms with van der Waals surface area (Å²) in [4.78, 5) is 40.6. The smallest absolute Gasteiger partial charge is 0.355 e. The molecule has 1 N–H and O–H groups in total. The predicted octanol–water partition coefficient (Wildman–Crippen LogP) is 3.10. The van der Waals surface area contributed by atoms with Crippen molar-refractivity contribution in [3.05, 3.63) is 83.1 Å². The van der Waals surface area contributed by atoms with Crippen LogP contribution in [-0.4, -0.2) is 59.4 Å². The van der Waals surface area contributed by atoms with Gasteiger partial charge in [-0.2, -0.15) is 0 Å². The highest BCUT2D eigenvalue weighted by Gasteiger charge is 2.52. The number of carbonyl (C=O) groups excluding carboxylic acids is 3. The number of hydrogen-bond acceptors (Lipinski definition) is 7. The van der Waals surface area contributed by atoms with E-state index in [-0.39, 0.29) is 31.4 Å². The number of benzene rings is 2. The predicted molar refractivity (Wildman–Crippen MR) is 131 cm³/mol. The van der Waals surface area contributed by atoms with Crippen LogP contribution in [0.4, 0.5) is 0 Å². The van der Waals surface area contributed by atoms with Crippen LogP contribution in [0.25, 0.3) is 0 Å². The Hall–Kier alpha value is -3.14. The van der Waals surface area contributed by atoms with E-state index in [0.717, 1.165) is 5.56 Å². The van der Waals surface area contributed by atoms with Crippen molar-refractivity contribution in [3.63, 3.8) is 0 Å². The molecule has 0 aliphatic carbocycles. The van der Waals surface area contributed by atoms with Gasteiger partial charge in [-0.05, 0) is 37.8 Å². The number of rotatable bonds is 7. The summed E-state index contributed by atoms with van der Waals surface area (Å²) in [5.74, 6) is -2.18. The van der Waals surface area contributed by atoms with E-state index in [9.17, 15) is 14.4 Å². The van der Waals surface area contributed by atoms with Gasteiger partial charge < -0.3 is 19.5 Å². The van der Waals surface area contributed by atoms with Gasteiger partial charge in [-0.15, -0.1) is 11.8 Å². The standard InChI is InChI=1S/C26H28N2O6S/c1-26(2)33-15-19(16-34-26)21(25(31)32-14-17-10-6-4-7-11-17)28-23(30)20(24(28)35-3)27-22(29)18-12-8-5-9-13-18/h4-13,20,24H,14-16H2,1-3H3,(H,27,29)/t20-,24+/m0/s1. The highest BCUT2D eigenvalue weighted by Crippen LogP contribution is 2.36. The third kappa shape index (κ3) is 5.58. The molecule has 2 aliphatic rings. The molecule has 9 heteroatoms. The summed E-state index contributed by atoms with van der Waals surface area (Å²) in [6.07, 6.45) is 1.82. The molecule has 35 heavy (non-hydrogen) atoms. The number of nitrogens with one attached hydrogen (secondary N) is 1.